The summed E-state index contributed by atoms with van der Waals surface area (Å²) in [6, 6.07) is 9.19. The first-order chi connectivity index (χ1) is 8.16. The Morgan fingerprint density at radius 3 is 2.59 bits per heavy atom. The molecular weight excluding hydrogens is 240 g/mol. The number of nitriles is 1. The minimum atomic E-state index is -0.994. The van der Waals surface area contributed by atoms with E-state index in [9.17, 15) is 4.79 Å². The van der Waals surface area contributed by atoms with Crippen molar-refractivity contribution in [1.82, 2.24) is 5.32 Å². The van der Waals surface area contributed by atoms with Crippen LogP contribution in [0.2, 0.25) is 5.02 Å². The minimum absolute atomic E-state index is 0.177. The molecule has 1 heterocycles. The topological polar surface area (TPSA) is 62.1 Å². The standard InChI is InChI=1S/C12H11ClN2O2/c13-10-3-1-9(2-4-10)5-15-11(16)12(6-14)7-17-8-12/h1-4H,5,7-8H2,(H,15,16). The molecule has 88 valence electrons. The fourth-order valence-electron chi connectivity index (χ4n) is 1.51. The van der Waals surface area contributed by atoms with Crippen LogP contribution in [0.25, 0.3) is 0 Å². The lowest BCUT2D eigenvalue weighted by Crippen LogP contribution is -2.52. The smallest absolute Gasteiger partial charge is 0.245 e. The number of carbonyl (C=O) groups is 1. The molecule has 17 heavy (non-hydrogen) atoms. The summed E-state index contributed by atoms with van der Waals surface area (Å²) < 4.78 is 4.92. The van der Waals surface area contributed by atoms with Gasteiger partial charge in [0.15, 0.2) is 5.41 Å². The van der Waals surface area contributed by atoms with Gasteiger partial charge in [0, 0.05) is 11.6 Å². The lowest BCUT2D eigenvalue weighted by molar-refractivity contribution is -0.150. The highest BCUT2D eigenvalue weighted by molar-refractivity contribution is 6.30. The summed E-state index contributed by atoms with van der Waals surface area (Å²) in [6.45, 7) is 0.741. The van der Waals surface area contributed by atoms with Crippen LogP contribution in [0.1, 0.15) is 5.56 Å². The number of nitrogens with one attached hydrogen (secondary N) is 1. The van der Waals surface area contributed by atoms with Crippen LogP contribution in [-0.2, 0) is 16.1 Å². The van der Waals surface area contributed by atoms with Crippen molar-refractivity contribution in [3.8, 4) is 6.07 Å². The van der Waals surface area contributed by atoms with E-state index in [0.29, 0.717) is 11.6 Å². The first kappa shape index (κ1) is 11.9. The first-order valence-electron chi connectivity index (χ1n) is 5.18. The van der Waals surface area contributed by atoms with Gasteiger partial charge in [0.1, 0.15) is 0 Å². The van der Waals surface area contributed by atoms with Crippen LogP contribution in [0.4, 0.5) is 0 Å². The number of halogens is 1. The average Bonchev–Trinajstić information content (AvgIpc) is 2.27. The third-order valence-corrected chi connectivity index (χ3v) is 2.96. The third kappa shape index (κ3) is 2.41. The Hall–Kier alpha value is -1.57. The molecule has 0 unspecified atom stereocenters. The Bertz CT molecular complexity index is 460. The molecule has 0 saturated carbocycles. The zero-order valence-corrected chi connectivity index (χ0v) is 9.83. The number of amides is 1. The summed E-state index contributed by atoms with van der Waals surface area (Å²) in [4.78, 5) is 11.8. The van der Waals surface area contributed by atoms with E-state index in [0.717, 1.165) is 5.56 Å². The van der Waals surface area contributed by atoms with Gasteiger partial charge < -0.3 is 10.1 Å². The zero-order valence-electron chi connectivity index (χ0n) is 9.07. The van der Waals surface area contributed by atoms with Crippen molar-refractivity contribution in [1.29, 1.82) is 5.26 Å². The SMILES string of the molecule is N#CC1(C(=O)NCc2ccc(Cl)cc2)COC1. The Kier molecular flexibility index (Phi) is 3.32. The molecule has 1 aromatic carbocycles. The Balaban J connectivity index is 1.92. The molecule has 0 atom stereocenters. The predicted octanol–water partition coefficient (Wildman–Crippen LogP) is 1.50. The fraction of sp³-hybridized carbons (Fsp3) is 0.333. The molecule has 1 amide bonds. The monoisotopic (exact) mass is 250 g/mol. The molecule has 0 spiro atoms. The second kappa shape index (κ2) is 4.74. The van der Waals surface area contributed by atoms with E-state index >= 15 is 0 Å². The summed E-state index contributed by atoms with van der Waals surface area (Å²) in [7, 11) is 0. The molecule has 1 aromatic rings. The van der Waals surface area contributed by atoms with Gasteiger partial charge in [-0.3, -0.25) is 4.79 Å². The molecule has 0 bridgehead atoms. The second-order valence-corrected chi connectivity index (χ2v) is 4.43. The van der Waals surface area contributed by atoms with Crippen molar-refractivity contribution in [3.05, 3.63) is 34.9 Å². The van der Waals surface area contributed by atoms with E-state index in [-0.39, 0.29) is 19.1 Å². The van der Waals surface area contributed by atoms with Crippen LogP contribution >= 0.6 is 11.6 Å². The molecule has 1 N–H and O–H groups in total. The highest BCUT2D eigenvalue weighted by Crippen LogP contribution is 2.26. The van der Waals surface area contributed by atoms with Gasteiger partial charge in [-0.15, -0.1) is 0 Å². The van der Waals surface area contributed by atoms with Crippen molar-refractivity contribution >= 4 is 17.5 Å². The number of ether oxygens (including phenoxy) is 1. The van der Waals surface area contributed by atoms with E-state index in [2.05, 4.69) is 5.32 Å². The molecule has 1 fully saturated rings. The molecule has 4 nitrogen and oxygen atoms in total. The van der Waals surface area contributed by atoms with Crippen molar-refractivity contribution in [2.75, 3.05) is 13.2 Å². The third-order valence-electron chi connectivity index (χ3n) is 2.71. The number of rotatable bonds is 3. The van der Waals surface area contributed by atoms with Crippen molar-refractivity contribution < 1.29 is 9.53 Å². The van der Waals surface area contributed by atoms with E-state index in [1.54, 1.807) is 12.1 Å². The fourth-order valence-corrected chi connectivity index (χ4v) is 1.63. The number of hydrogen-bond donors (Lipinski definition) is 1. The van der Waals surface area contributed by atoms with E-state index in [4.69, 9.17) is 21.6 Å². The van der Waals surface area contributed by atoms with E-state index in [1.165, 1.54) is 0 Å². The summed E-state index contributed by atoms with van der Waals surface area (Å²) in [5.41, 5.74) is -0.0528. The van der Waals surface area contributed by atoms with Gasteiger partial charge in [-0.2, -0.15) is 5.26 Å². The lowest BCUT2D eigenvalue weighted by atomic mass is 9.87. The van der Waals surface area contributed by atoms with Gasteiger partial charge in [0.2, 0.25) is 5.91 Å². The van der Waals surface area contributed by atoms with Crippen molar-refractivity contribution in [2.45, 2.75) is 6.54 Å². The van der Waals surface area contributed by atoms with Gasteiger partial charge in [-0.25, -0.2) is 0 Å². The van der Waals surface area contributed by atoms with Crippen LogP contribution in [-0.4, -0.2) is 19.1 Å². The van der Waals surface area contributed by atoms with Gasteiger partial charge >= 0.3 is 0 Å². The van der Waals surface area contributed by atoms with E-state index in [1.807, 2.05) is 18.2 Å². The second-order valence-electron chi connectivity index (χ2n) is 4.00. The molecular formula is C12H11ClN2O2. The van der Waals surface area contributed by atoms with Crippen molar-refractivity contribution in [3.63, 3.8) is 0 Å². The number of benzene rings is 1. The highest BCUT2D eigenvalue weighted by Gasteiger charge is 2.46. The summed E-state index contributed by atoms with van der Waals surface area (Å²) in [5.74, 6) is -0.277. The maximum atomic E-state index is 11.8. The number of carbonyl (C=O) groups excluding carboxylic acids is 1. The molecule has 0 aromatic heterocycles. The zero-order chi connectivity index (χ0) is 12.3. The lowest BCUT2D eigenvalue weighted by Gasteiger charge is -2.33. The van der Waals surface area contributed by atoms with Gasteiger partial charge in [-0.1, -0.05) is 23.7 Å². The molecule has 1 saturated heterocycles. The molecule has 0 radical (unpaired) electrons. The molecule has 5 heteroatoms. The Morgan fingerprint density at radius 2 is 2.12 bits per heavy atom. The molecule has 0 aliphatic carbocycles. The van der Waals surface area contributed by atoms with Crippen LogP contribution in [0.15, 0.2) is 24.3 Å². The molecule has 1 aliphatic rings. The summed E-state index contributed by atoms with van der Waals surface area (Å²) >= 11 is 5.75. The van der Waals surface area contributed by atoms with Crippen LogP contribution in [0.5, 0.6) is 0 Å². The normalized spacial score (nSPS) is 16.7. The van der Waals surface area contributed by atoms with Gasteiger partial charge in [0.25, 0.3) is 0 Å². The quantitative estimate of drug-likeness (QED) is 0.884. The van der Waals surface area contributed by atoms with Gasteiger partial charge in [0.05, 0.1) is 19.3 Å². The maximum absolute atomic E-state index is 11.8. The molecule has 1 aliphatic heterocycles. The van der Waals surface area contributed by atoms with Crippen LogP contribution in [0, 0.1) is 16.7 Å². The molecule has 2 rings (SSSR count). The Labute approximate surface area is 104 Å². The van der Waals surface area contributed by atoms with Crippen LogP contribution < -0.4 is 5.32 Å². The number of nitrogens with zero attached hydrogens (tertiary/aromatic N) is 1. The van der Waals surface area contributed by atoms with Gasteiger partial charge in [-0.05, 0) is 17.7 Å². The largest absolute Gasteiger partial charge is 0.377 e. The number of hydrogen-bond acceptors (Lipinski definition) is 3. The minimum Gasteiger partial charge on any atom is -0.377 e. The predicted molar refractivity (Wildman–Crippen MR) is 62.2 cm³/mol. The first-order valence-corrected chi connectivity index (χ1v) is 5.56. The average molecular weight is 251 g/mol. The Morgan fingerprint density at radius 1 is 1.47 bits per heavy atom. The highest BCUT2D eigenvalue weighted by atomic mass is 35.5. The van der Waals surface area contributed by atoms with Crippen molar-refractivity contribution in [2.24, 2.45) is 5.41 Å². The summed E-state index contributed by atoms with van der Waals surface area (Å²) in [6.07, 6.45) is 0. The maximum Gasteiger partial charge on any atom is 0.245 e. The summed E-state index contributed by atoms with van der Waals surface area (Å²) in [5, 5.41) is 12.3. The van der Waals surface area contributed by atoms with Crippen LogP contribution in [0.3, 0.4) is 0 Å². The van der Waals surface area contributed by atoms with E-state index < -0.39 is 5.41 Å².